The van der Waals surface area contributed by atoms with Gasteiger partial charge in [0.25, 0.3) is 0 Å². The number of nitrogens with zero attached hydrogens (tertiary/aromatic N) is 1. The van der Waals surface area contributed by atoms with Crippen LogP contribution in [0.1, 0.15) is 38.7 Å². The number of anilines is 1. The second kappa shape index (κ2) is 8.69. The quantitative estimate of drug-likeness (QED) is 0.501. The van der Waals surface area contributed by atoms with Crippen LogP contribution < -0.4 is 10.5 Å². The molecule has 2 aliphatic rings. The molecule has 1 aromatic carbocycles. The highest BCUT2D eigenvalue weighted by Crippen LogP contribution is 2.37. The third-order valence-electron chi connectivity index (χ3n) is 5.41. The largest absolute Gasteiger partial charge is 0.324 e. The van der Waals surface area contributed by atoms with Gasteiger partial charge in [-0.15, -0.1) is 0 Å². The first kappa shape index (κ1) is 22.2. The number of likely N-dealkylation sites (tertiary alicyclic amines) is 1. The van der Waals surface area contributed by atoms with Crippen LogP contribution in [-0.2, 0) is 30.2 Å². The Morgan fingerprint density at radius 2 is 1.77 bits per heavy atom. The van der Waals surface area contributed by atoms with Crippen LogP contribution in [0, 0.1) is 17.8 Å². The molecule has 162 valence electrons. The Morgan fingerprint density at radius 1 is 1.17 bits per heavy atom. The van der Waals surface area contributed by atoms with Gasteiger partial charge in [-0.1, -0.05) is 38.1 Å². The van der Waals surface area contributed by atoms with Gasteiger partial charge >= 0.3 is 0 Å². The number of amides is 3. The summed E-state index contributed by atoms with van der Waals surface area (Å²) in [6.45, 7) is 3.85. The minimum Gasteiger partial charge on any atom is -0.324 e. The van der Waals surface area contributed by atoms with Crippen molar-refractivity contribution in [2.24, 2.45) is 22.9 Å². The number of fused-ring (bicyclic) bond motifs is 1. The van der Waals surface area contributed by atoms with E-state index in [9.17, 15) is 22.8 Å². The molecule has 0 spiro atoms. The number of hydrogen-bond donors (Lipinski definition) is 2. The summed E-state index contributed by atoms with van der Waals surface area (Å²) in [5.74, 6) is -2.13. The molecule has 3 amide bonds. The van der Waals surface area contributed by atoms with Gasteiger partial charge in [0.1, 0.15) is 6.04 Å². The van der Waals surface area contributed by atoms with E-state index < -0.39 is 33.8 Å². The molecular formula is C21H27N3O5S. The van der Waals surface area contributed by atoms with Crippen LogP contribution in [0.15, 0.2) is 36.4 Å². The number of imide groups is 1. The Hall–Kier alpha value is -2.52. The van der Waals surface area contributed by atoms with Gasteiger partial charge in [-0.25, -0.2) is 13.6 Å². The summed E-state index contributed by atoms with van der Waals surface area (Å²) in [5, 5.41) is 7.83. The molecule has 3 atom stereocenters. The van der Waals surface area contributed by atoms with Crippen LogP contribution in [0.4, 0.5) is 5.69 Å². The van der Waals surface area contributed by atoms with Crippen molar-refractivity contribution in [2.75, 3.05) is 5.32 Å². The molecule has 1 aliphatic carbocycles. The lowest BCUT2D eigenvalue weighted by Gasteiger charge is -2.27. The molecule has 0 bridgehead atoms. The third kappa shape index (κ3) is 4.96. The number of carbonyl (C=O) groups is 3. The van der Waals surface area contributed by atoms with E-state index in [1.807, 2.05) is 26.0 Å². The number of nitrogens with two attached hydrogens (primary N) is 1. The minimum absolute atomic E-state index is 0.0795. The van der Waals surface area contributed by atoms with Gasteiger partial charge in [0.15, 0.2) is 0 Å². The van der Waals surface area contributed by atoms with Crippen molar-refractivity contribution in [3.8, 4) is 0 Å². The summed E-state index contributed by atoms with van der Waals surface area (Å²) in [6.07, 6.45) is 5.18. The lowest BCUT2D eigenvalue weighted by atomic mass is 9.85. The molecule has 0 aromatic heterocycles. The molecule has 30 heavy (non-hydrogen) atoms. The lowest BCUT2D eigenvalue weighted by Crippen LogP contribution is -2.48. The van der Waals surface area contributed by atoms with Crippen LogP contribution in [0.2, 0.25) is 0 Å². The fourth-order valence-corrected chi connectivity index (χ4v) is 4.75. The summed E-state index contributed by atoms with van der Waals surface area (Å²) < 4.78 is 22.7. The van der Waals surface area contributed by atoms with Crippen LogP contribution in [-0.4, -0.2) is 37.1 Å². The smallest absolute Gasteiger partial charge is 0.247 e. The zero-order valence-corrected chi connectivity index (χ0v) is 17.9. The van der Waals surface area contributed by atoms with Crippen molar-refractivity contribution >= 4 is 33.4 Å². The van der Waals surface area contributed by atoms with Crippen LogP contribution in [0.25, 0.3) is 0 Å². The van der Waals surface area contributed by atoms with Crippen LogP contribution >= 0.6 is 0 Å². The molecule has 8 nitrogen and oxygen atoms in total. The van der Waals surface area contributed by atoms with Crippen molar-refractivity contribution in [1.82, 2.24) is 4.90 Å². The standard InChI is InChI=1S/C21H27N3O5S/c1-13(2)10-18(24-20(26)16-8-3-4-9-17(16)21(24)27)19(25)23-15-7-5-6-14(11-15)12-30(22,28)29/h3-7,11,13,16-18H,8-10,12H2,1-2H3,(H,23,25)(H2,22,28,29). The maximum absolute atomic E-state index is 13.1. The molecule has 1 aliphatic heterocycles. The predicted molar refractivity (Wildman–Crippen MR) is 112 cm³/mol. The SMILES string of the molecule is CC(C)CC(C(=O)Nc1cccc(CS(N)(=O)=O)c1)N1C(=O)C2CC=CCC2C1=O. The summed E-state index contributed by atoms with van der Waals surface area (Å²) in [6, 6.07) is 5.43. The van der Waals surface area contributed by atoms with Gasteiger partial charge in [0.2, 0.25) is 27.7 Å². The van der Waals surface area contributed by atoms with Crippen molar-refractivity contribution in [3.63, 3.8) is 0 Å². The Labute approximate surface area is 176 Å². The molecule has 3 N–H and O–H groups in total. The van der Waals surface area contributed by atoms with Gasteiger partial charge in [-0.3, -0.25) is 19.3 Å². The molecule has 1 heterocycles. The number of carbonyl (C=O) groups excluding carboxylic acids is 3. The van der Waals surface area contributed by atoms with Crippen LogP contribution in [0.5, 0.6) is 0 Å². The molecule has 9 heteroatoms. The summed E-state index contributed by atoms with van der Waals surface area (Å²) in [7, 11) is -3.71. The zero-order chi connectivity index (χ0) is 22.1. The highest BCUT2D eigenvalue weighted by molar-refractivity contribution is 7.88. The fourth-order valence-electron chi connectivity index (χ4n) is 4.11. The number of benzene rings is 1. The van der Waals surface area contributed by atoms with Gasteiger partial charge in [0.05, 0.1) is 17.6 Å². The number of nitrogens with one attached hydrogen (secondary N) is 1. The van der Waals surface area contributed by atoms with E-state index in [1.54, 1.807) is 18.2 Å². The minimum atomic E-state index is -3.71. The molecule has 1 fully saturated rings. The van der Waals surface area contributed by atoms with E-state index in [0.717, 1.165) is 4.90 Å². The molecule has 1 saturated heterocycles. The molecule has 1 aromatic rings. The fraction of sp³-hybridized carbons (Fsp3) is 0.476. The number of hydrogen-bond acceptors (Lipinski definition) is 5. The second-order valence-corrected chi connectivity index (χ2v) is 9.96. The van der Waals surface area contributed by atoms with Gasteiger partial charge in [-0.2, -0.15) is 0 Å². The number of allylic oxidation sites excluding steroid dienone is 2. The molecular weight excluding hydrogens is 406 g/mol. The highest BCUT2D eigenvalue weighted by atomic mass is 32.2. The first-order valence-electron chi connectivity index (χ1n) is 9.99. The zero-order valence-electron chi connectivity index (χ0n) is 17.1. The van der Waals surface area contributed by atoms with Gasteiger partial charge in [0, 0.05) is 5.69 Å². The van der Waals surface area contributed by atoms with E-state index in [1.165, 1.54) is 6.07 Å². The number of primary sulfonamides is 1. The Kier molecular flexibility index (Phi) is 6.42. The van der Waals surface area contributed by atoms with Crippen molar-refractivity contribution in [1.29, 1.82) is 0 Å². The molecule has 3 unspecified atom stereocenters. The topological polar surface area (TPSA) is 127 Å². The Balaban J connectivity index is 1.83. The Morgan fingerprint density at radius 3 is 2.30 bits per heavy atom. The Bertz CT molecular complexity index is 960. The summed E-state index contributed by atoms with van der Waals surface area (Å²) in [4.78, 5) is 40.2. The van der Waals surface area contributed by atoms with E-state index in [-0.39, 0.29) is 23.5 Å². The summed E-state index contributed by atoms with van der Waals surface area (Å²) >= 11 is 0. The van der Waals surface area contributed by atoms with E-state index in [4.69, 9.17) is 5.14 Å². The van der Waals surface area contributed by atoms with Crippen LogP contribution in [0.3, 0.4) is 0 Å². The van der Waals surface area contributed by atoms with E-state index >= 15 is 0 Å². The maximum Gasteiger partial charge on any atom is 0.247 e. The normalized spacial score (nSPS) is 22.3. The molecule has 0 saturated carbocycles. The van der Waals surface area contributed by atoms with Gasteiger partial charge in [-0.05, 0) is 42.9 Å². The third-order valence-corrected chi connectivity index (χ3v) is 6.15. The van der Waals surface area contributed by atoms with Crippen molar-refractivity contribution in [3.05, 3.63) is 42.0 Å². The average molecular weight is 434 g/mol. The predicted octanol–water partition coefficient (Wildman–Crippen LogP) is 1.78. The molecule has 0 radical (unpaired) electrons. The highest BCUT2D eigenvalue weighted by Gasteiger charge is 2.51. The van der Waals surface area contributed by atoms with Gasteiger partial charge < -0.3 is 5.32 Å². The first-order valence-corrected chi connectivity index (χ1v) is 11.7. The maximum atomic E-state index is 13.1. The molecule has 3 rings (SSSR count). The second-order valence-electron chi connectivity index (χ2n) is 8.34. The summed E-state index contributed by atoms with van der Waals surface area (Å²) in [5.41, 5.74) is 0.814. The number of rotatable bonds is 7. The van der Waals surface area contributed by atoms with E-state index in [2.05, 4.69) is 5.32 Å². The monoisotopic (exact) mass is 433 g/mol. The van der Waals surface area contributed by atoms with Crippen molar-refractivity contribution in [2.45, 2.75) is 44.9 Å². The number of sulfonamides is 1. The lowest BCUT2D eigenvalue weighted by molar-refractivity contribution is -0.147. The first-order chi connectivity index (χ1) is 14.1. The van der Waals surface area contributed by atoms with E-state index in [0.29, 0.717) is 30.5 Å². The van der Waals surface area contributed by atoms with Crippen molar-refractivity contribution < 1.29 is 22.8 Å². The average Bonchev–Trinajstić information content (AvgIpc) is 2.89.